The van der Waals surface area contributed by atoms with Gasteiger partial charge in [0.25, 0.3) is 6.71 Å². The third kappa shape index (κ3) is 2.49. The Hall–Kier alpha value is -4.97. The van der Waals surface area contributed by atoms with E-state index < -0.39 is 30.9 Å². The number of ether oxygens (including phenoxy) is 2. The molecule has 4 heterocycles. The van der Waals surface area contributed by atoms with Crippen LogP contribution in [0.2, 0.25) is 0 Å². The van der Waals surface area contributed by atoms with Crippen LogP contribution in [0.4, 0.5) is 0 Å². The van der Waals surface area contributed by atoms with Crippen molar-refractivity contribution < 1.29 is 21.8 Å². The summed E-state index contributed by atoms with van der Waals surface area (Å²) in [6.07, 6.45) is 0. The number of imidazole rings is 2. The molecule has 0 atom stereocenters. The third-order valence-corrected chi connectivity index (χ3v) is 7.27. The molecule has 0 saturated carbocycles. The summed E-state index contributed by atoms with van der Waals surface area (Å²) in [7, 11) is 0. The van der Waals surface area contributed by atoms with Gasteiger partial charge < -0.3 is 9.47 Å². The summed E-state index contributed by atoms with van der Waals surface area (Å²) in [6, 6.07) is 11.8. The second kappa shape index (κ2) is 7.08. The minimum absolute atomic E-state index is 0.0131. The zero-order valence-electron chi connectivity index (χ0n) is 28.9. The highest BCUT2D eigenvalue weighted by Gasteiger charge is 2.40. The fourth-order valence-electron chi connectivity index (χ4n) is 5.66. The van der Waals surface area contributed by atoms with Gasteiger partial charge in [0.2, 0.25) is 5.78 Å². The first-order valence-electron chi connectivity index (χ1n) is 16.6. The van der Waals surface area contributed by atoms with Crippen LogP contribution in [-0.2, 0) is 0 Å². The highest BCUT2D eigenvalue weighted by atomic mass is 16.5. The zero-order chi connectivity index (χ0) is 32.8. The minimum atomic E-state index is -1.14. The molecule has 0 radical (unpaired) electrons. The highest BCUT2D eigenvalue weighted by molar-refractivity contribution is 6.98. The first kappa shape index (κ1) is 13.5. The topological polar surface area (TPSA) is 40.7 Å². The van der Waals surface area contributed by atoms with E-state index in [4.69, 9.17) is 24.1 Å². The highest BCUT2D eigenvalue weighted by Crippen LogP contribution is 2.39. The van der Waals surface area contributed by atoms with Crippen LogP contribution in [0.3, 0.4) is 0 Å². The van der Waals surface area contributed by atoms with Gasteiger partial charge in [-0.05, 0) is 53.7 Å². The summed E-state index contributed by atoms with van der Waals surface area (Å²) in [5, 5.41) is 0. The van der Waals surface area contributed by atoms with Crippen LogP contribution in [0.5, 0.6) is 23.0 Å². The lowest BCUT2D eigenvalue weighted by Gasteiger charge is -2.33. The van der Waals surface area contributed by atoms with Gasteiger partial charge in [-0.1, -0.05) is 60.5 Å². The van der Waals surface area contributed by atoms with Gasteiger partial charge >= 0.3 is 0 Å². The first-order chi connectivity index (χ1) is 22.5. The average Bonchev–Trinajstić information content (AvgIpc) is 3.61. The van der Waals surface area contributed by atoms with Crippen molar-refractivity contribution >= 4 is 50.9 Å². The largest absolute Gasteiger partial charge is 0.458 e. The zero-order valence-corrected chi connectivity index (χ0v) is 19.9. The number of nitrogens with zero attached hydrogens (tertiary/aromatic N) is 3. The molecule has 7 aromatic rings. The quantitative estimate of drug-likeness (QED) is 0.282. The molecular formula is C32H20BN3O2. The summed E-state index contributed by atoms with van der Waals surface area (Å²) in [5.41, 5.74) is 3.56. The lowest BCUT2D eigenvalue weighted by molar-refractivity contribution is 0.462. The molecule has 38 heavy (non-hydrogen) atoms. The van der Waals surface area contributed by atoms with Crippen LogP contribution in [0.15, 0.2) is 103 Å². The maximum Gasteiger partial charge on any atom is 0.260 e. The van der Waals surface area contributed by atoms with Crippen molar-refractivity contribution in [3.63, 3.8) is 0 Å². The lowest BCUT2D eigenvalue weighted by atomic mass is 9.34. The third-order valence-electron chi connectivity index (χ3n) is 7.27. The summed E-state index contributed by atoms with van der Waals surface area (Å²) in [5.74, 6) is 0.158. The maximum absolute atomic E-state index is 9.59. The van der Waals surface area contributed by atoms with Crippen molar-refractivity contribution in [1.82, 2.24) is 14.0 Å². The van der Waals surface area contributed by atoms with Crippen LogP contribution in [0.1, 0.15) is 17.9 Å². The Bertz CT molecular complexity index is 2520. The molecule has 0 N–H and O–H groups in total. The number of hydrogen-bond acceptors (Lipinski definition) is 3. The molecule has 0 spiro atoms. The number of benzene rings is 5. The van der Waals surface area contributed by atoms with E-state index in [0.29, 0.717) is 16.8 Å². The van der Waals surface area contributed by atoms with E-state index in [0.717, 1.165) is 11.0 Å². The number of para-hydroxylation sites is 6. The molecule has 5 aromatic carbocycles. The van der Waals surface area contributed by atoms with Gasteiger partial charge in [-0.15, -0.1) is 0 Å². The van der Waals surface area contributed by atoms with E-state index in [1.54, 1.807) is 11.5 Å². The number of fused-ring (bicyclic) bond motifs is 9. The van der Waals surface area contributed by atoms with E-state index in [2.05, 4.69) is 0 Å². The smallest absolute Gasteiger partial charge is 0.260 e. The Kier molecular flexibility index (Phi) is 2.52. The van der Waals surface area contributed by atoms with Crippen molar-refractivity contribution in [3.8, 4) is 28.7 Å². The molecule has 2 aliphatic heterocycles. The Balaban J connectivity index is 1.46. The van der Waals surface area contributed by atoms with Gasteiger partial charge in [-0.2, -0.15) is 0 Å². The van der Waals surface area contributed by atoms with Gasteiger partial charge in [-0.3, -0.25) is 8.97 Å². The Labute approximate surface area is 231 Å². The normalized spacial score (nSPS) is 16.6. The molecular weight excluding hydrogens is 469 g/mol. The van der Waals surface area contributed by atoms with Crippen LogP contribution in [0, 0.1) is 6.92 Å². The fourth-order valence-corrected chi connectivity index (χ4v) is 5.66. The van der Waals surface area contributed by atoms with Gasteiger partial charge in [0.15, 0.2) is 0 Å². The molecule has 9 rings (SSSR count). The van der Waals surface area contributed by atoms with E-state index >= 15 is 0 Å². The molecule has 0 fully saturated rings. The van der Waals surface area contributed by atoms with Crippen molar-refractivity contribution in [1.29, 1.82) is 0 Å². The predicted molar refractivity (Wildman–Crippen MR) is 152 cm³/mol. The van der Waals surface area contributed by atoms with Crippen LogP contribution >= 0.6 is 0 Å². The van der Waals surface area contributed by atoms with Crippen molar-refractivity contribution in [2.24, 2.45) is 0 Å². The molecule has 0 saturated heterocycles. The summed E-state index contributed by atoms with van der Waals surface area (Å²) >= 11 is 0. The Morgan fingerprint density at radius 1 is 0.763 bits per heavy atom. The SMILES string of the molecule is [2H]c1c([2H])c([2H])c2c(c1[2H])Oc1c([2H])c(-n3c4ccccc4n4c5ccccc5nc34)c([2H])c3c1B2c1c([2H])c([2H])c([2H])c(C)c1O3. The van der Waals surface area contributed by atoms with Crippen LogP contribution < -0.4 is 25.9 Å². The fraction of sp³-hybridized carbons (Fsp3) is 0.0312. The van der Waals surface area contributed by atoms with Crippen LogP contribution in [0.25, 0.3) is 33.5 Å². The van der Waals surface area contributed by atoms with Gasteiger partial charge in [0.05, 0.1) is 40.1 Å². The van der Waals surface area contributed by atoms with Crippen molar-refractivity contribution in [3.05, 3.63) is 108 Å². The molecule has 0 aliphatic carbocycles. The van der Waals surface area contributed by atoms with Gasteiger partial charge in [0.1, 0.15) is 23.0 Å². The van der Waals surface area contributed by atoms with Crippen molar-refractivity contribution in [2.45, 2.75) is 6.92 Å². The average molecular weight is 498 g/mol. The standard InChI is InChI=1S/C32H20BN3O2/c1-19-9-8-11-22-31(19)38-29-18-20(17-28-30(29)33(22)21-10-2-7-16-27(21)37-28)35-25-14-5-6-15-26(25)36-24-13-4-3-12-23(24)34-32(35)36/h2-18H,1H3/i2D,7D,8D,9D,10D,11D,16D,17D,18D. The molecule has 6 heteroatoms. The van der Waals surface area contributed by atoms with Gasteiger partial charge in [-0.25, -0.2) is 4.98 Å². The Morgan fingerprint density at radius 2 is 1.50 bits per heavy atom. The van der Waals surface area contributed by atoms with E-state index in [9.17, 15) is 2.74 Å². The maximum atomic E-state index is 9.59. The number of aromatic nitrogens is 3. The predicted octanol–water partition coefficient (Wildman–Crippen LogP) is 5.47. The molecule has 2 aromatic heterocycles. The number of hydrogen-bond donors (Lipinski definition) is 0. The molecule has 0 bridgehead atoms. The minimum Gasteiger partial charge on any atom is -0.458 e. The Morgan fingerprint density at radius 3 is 2.39 bits per heavy atom. The molecule has 0 amide bonds. The number of rotatable bonds is 1. The first-order valence-corrected chi connectivity index (χ1v) is 12.1. The molecule has 0 unspecified atom stereocenters. The van der Waals surface area contributed by atoms with E-state index in [1.165, 1.54) is 0 Å². The van der Waals surface area contributed by atoms with Crippen LogP contribution in [-0.4, -0.2) is 20.7 Å². The molecule has 178 valence electrons. The van der Waals surface area contributed by atoms with E-state index in [1.807, 2.05) is 52.9 Å². The summed E-state index contributed by atoms with van der Waals surface area (Å²) in [4.78, 5) is 4.88. The van der Waals surface area contributed by atoms with Gasteiger partial charge in [0, 0.05) is 17.5 Å². The summed E-state index contributed by atoms with van der Waals surface area (Å²) in [6.45, 7) is 0.440. The second-order valence-electron chi connectivity index (χ2n) is 9.35. The van der Waals surface area contributed by atoms with E-state index in [-0.39, 0.29) is 80.8 Å². The monoisotopic (exact) mass is 498 g/mol. The summed E-state index contributed by atoms with van der Waals surface area (Å²) < 4.78 is 95.8. The van der Waals surface area contributed by atoms with Crippen molar-refractivity contribution in [2.75, 3.05) is 0 Å². The molecule has 2 aliphatic rings. The molecule has 5 nitrogen and oxygen atoms in total. The lowest BCUT2D eigenvalue weighted by Crippen LogP contribution is -2.57. The second-order valence-corrected chi connectivity index (χ2v) is 9.35.